The maximum absolute atomic E-state index is 5.58. The largest absolute Gasteiger partial charge is 0.368 e. The molecule has 1 aromatic rings. The van der Waals surface area contributed by atoms with Crippen molar-refractivity contribution in [3.05, 3.63) is 29.8 Å². The highest BCUT2D eigenvalue weighted by Gasteiger charge is 2.35. The number of rotatable bonds is 3. The minimum Gasteiger partial charge on any atom is -0.368 e. The molecule has 1 heterocycles. The molecule has 1 aromatic carbocycles. The molecule has 0 saturated carbocycles. The number of methoxy groups -OCH3 is 1. The third kappa shape index (κ3) is 1.25. The molecule has 0 spiro atoms. The zero-order chi connectivity index (χ0) is 10.0. The Kier molecular flexibility index (Phi) is 2.35. The standard InChI is InChI=1S/C11H14N2O/c1-14-11(6-7-12)8-13-10-5-3-2-4-9(10)11/h2-5,8H,6-7,12H2,1H3. The summed E-state index contributed by atoms with van der Waals surface area (Å²) in [6.07, 6.45) is 2.62. The molecular weight excluding hydrogens is 176 g/mol. The van der Waals surface area contributed by atoms with Crippen molar-refractivity contribution in [2.24, 2.45) is 10.7 Å². The van der Waals surface area contributed by atoms with E-state index < -0.39 is 5.60 Å². The second-order valence-corrected chi connectivity index (χ2v) is 3.41. The summed E-state index contributed by atoms with van der Waals surface area (Å²) in [7, 11) is 1.70. The molecule has 0 aromatic heterocycles. The Morgan fingerprint density at radius 2 is 2.21 bits per heavy atom. The van der Waals surface area contributed by atoms with Crippen LogP contribution in [0, 0.1) is 0 Å². The van der Waals surface area contributed by atoms with Crippen LogP contribution in [0.4, 0.5) is 5.69 Å². The molecule has 0 bridgehead atoms. The first-order valence-electron chi connectivity index (χ1n) is 4.72. The van der Waals surface area contributed by atoms with Crippen molar-refractivity contribution in [1.29, 1.82) is 0 Å². The van der Waals surface area contributed by atoms with Crippen LogP contribution in [0.1, 0.15) is 12.0 Å². The van der Waals surface area contributed by atoms with Gasteiger partial charge in [-0.15, -0.1) is 0 Å². The fraction of sp³-hybridized carbons (Fsp3) is 0.364. The molecule has 0 aliphatic carbocycles. The van der Waals surface area contributed by atoms with Gasteiger partial charge in [0.05, 0.1) is 5.69 Å². The van der Waals surface area contributed by atoms with E-state index in [1.807, 2.05) is 30.5 Å². The minimum atomic E-state index is -0.397. The van der Waals surface area contributed by atoms with Crippen molar-refractivity contribution in [3.8, 4) is 0 Å². The lowest BCUT2D eigenvalue weighted by Gasteiger charge is -2.25. The van der Waals surface area contributed by atoms with Crippen LogP contribution in [0.25, 0.3) is 0 Å². The molecule has 3 nitrogen and oxygen atoms in total. The van der Waals surface area contributed by atoms with Gasteiger partial charge in [-0.25, -0.2) is 0 Å². The molecule has 1 atom stereocenters. The van der Waals surface area contributed by atoms with E-state index in [9.17, 15) is 0 Å². The first kappa shape index (κ1) is 9.37. The second-order valence-electron chi connectivity index (χ2n) is 3.41. The highest BCUT2D eigenvalue weighted by Crippen LogP contribution is 2.39. The van der Waals surface area contributed by atoms with E-state index >= 15 is 0 Å². The number of benzene rings is 1. The molecule has 1 unspecified atom stereocenters. The predicted octanol–water partition coefficient (Wildman–Crippen LogP) is 1.59. The summed E-state index contributed by atoms with van der Waals surface area (Å²) >= 11 is 0. The van der Waals surface area contributed by atoms with E-state index in [0.717, 1.165) is 17.7 Å². The SMILES string of the molecule is COC1(CCN)C=Nc2ccccc21. The van der Waals surface area contributed by atoms with Crippen LogP contribution in [0.2, 0.25) is 0 Å². The predicted molar refractivity (Wildman–Crippen MR) is 57.0 cm³/mol. The zero-order valence-electron chi connectivity index (χ0n) is 8.23. The van der Waals surface area contributed by atoms with Crippen LogP contribution in [-0.2, 0) is 10.3 Å². The lowest BCUT2D eigenvalue weighted by atomic mass is 9.92. The van der Waals surface area contributed by atoms with Gasteiger partial charge in [0.15, 0.2) is 0 Å². The smallest absolute Gasteiger partial charge is 0.131 e. The average molecular weight is 190 g/mol. The van der Waals surface area contributed by atoms with Crippen molar-refractivity contribution in [1.82, 2.24) is 0 Å². The molecule has 74 valence electrons. The fourth-order valence-corrected chi connectivity index (χ4v) is 1.87. The Labute approximate surface area is 83.6 Å². The van der Waals surface area contributed by atoms with Crippen molar-refractivity contribution >= 4 is 11.9 Å². The highest BCUT2D eigenvalue weighted by molar-refractivity contribution is 5.83. The van der Waals surface area contributed by atoms with Gasteiger partial charge in [0.2, 0.25) is 0 Å². The van der Waals surface area contributed by atoms with Gasteiger partial charge in [-0.2, -0.15) is 0 Å². The van der Waals surface area contributed by atoms with Gasteiger partial charge in [0, 0.05) is 18.9 Å². The maximum atomic E-state index is 5.58. The Bertz CT molecular complexity index is 362. The summed E-state index contributed by atoms with van der Waals surface area (Å²) < 4.78 is 5.54. The molecular formula is C11H14N2O. The fourth-order valence-electron chi connectivity index (χ4n) is 1.87. The van der Waals surface area contributed by atoms with Crippen molar-refractivity contribution in [2.75, 3.05) is 13.7 Å². The molecule has 0 amide bonds. The third-order valence-corrected chi connectivity index (χ3v) is 2.65. The number of ether oxygens (including phenoxy) is 1. The number of hydrogen-bond acceptors (Lipinski definition) is 3. The van der Waals surface area contributed by atoms with Crippen molar-refractivity contribution in [2.45, 2.75) is 12.0 Å². The molecule has 2 N–H and O–H groups in total. The number of nitrogens with two attached hydrogens (primary N) is 1. The van der Waals surface area contributed by atoms with Gasteiger partial charge >= 0.3 is 0 Å². The van der Waals surface area contributed by atoms with Crippen LogP contribution in [-0.4, -0.2) is 19.9 Å². The second kappa shape index (κ2) is 3.52. The lowest BCUT2D eigenvalue weighted by molar-refractivity contribution is 0.0494. The molecule has 1 aliphatic rings. The van der Waals surface area contributed by atoms with E-state index in [4.69, 9.17) is 10.5 Å². The number of nitrogens with zero attached hydrogens (tertiary/aromatic N) is 1. The number of aliphatic imine (C=N–C) groups is 1. The normalized spacial score (nSPS) is 23.9. The monoisotopic (exact) mass is 190 g/mol. The van der Waals surface area contributed by atoms with Crippen LogP contribution in [0.5, 0.6) is 0 Å². The van der Waals surface area contributed by atoms with E-state index in [-0.39, 0.29) is 0 Å². The number of hydrogen-bond donors (Lipinski definition) is 1. The highest BCUT2D eigenvalue weighted by atomic mass is 16.5. The Morgan fingerprint density at radius 1 is 1.43 bits per heavy atom. The Balaban J connectivity index is 2.44. The van der Waals surface area contributed by atoms with Crippen molar-refractivity contribution in [3.63, 3.8) is 0 Å². The molecule has 0 fully saturated rings. The average Bonchev–Trinajstić information content (AvgIpc) is 2.59. The van der Waals surface area contributed by atoms with Gasteiger partial charge < -0.3 is 10.5 Å². The molecule has 1 aliphatic heterocycles. The topological polar surface area (TPSA) is 47.6 Å². The molecule has 2 rings (SSSR count). The molecule has 0 radical (unpaired) electrons. The van der Waals surface area contributed by atoms with Gasteiger partial charge in [-0.05, 0) is 19.0 Å². The first-order valence-corrected chi connectivity index (χ1v) is 4.72. The summed E-state index contributed by atoms with van der Waals surface area (Å²) in [6, 6.07) is 8.01. The van der Waals surface area contributed by atoms with E-state index in [1.54, 1.807) is 7.11 Å². The van der Waals surface area contributed by atoms with Crippen LogP contribution >= 0.6 is 0 Å². The van der Waals surface area contributed by atoms with E-state index in [0.29, 0.717) is 6.54 Å². The lowest BCUT2D eigenvalue weighted by Crippen LogP contribution is -2.30. The summed E-state index contributed by atoms with van der Waals surface area (Å²) in [5, 5.41) is 0. The third-order valence-electron chi connectivity index (χ3n) is 2.65. The maximum Gasteiger partial charge on any atom is 0.131 e. The Morgan fingerprint density at radius 3 is 2.93 bits per heavy atom. The minimum absolute atomic E-state index is 0.397. The van der Waals surface area contributed by atoms with Crippen molar-refractivity contribution < 1.29 is 4.74 Å². The van der Waals surface area contributed by atoms with Crippen LogP contribution in [0.15, 0.2) is 29.3 Å². The van der Waals surface area contributed by atoms with Gasteiger partial charge in [-0.3, -0.25) is 4.99 Å². The zero-order valence-corrected chi connectivity index (χ0v) is 8.23. The Hall–Kier alpha value is -1.19. The number of para-hydroxylation sites is 1. The van der Waals surface area contributed by atoms with Gasteiger partial charge in [-0.1, -0.05) is 18.2 Å². The molecule has 3 heteroatoms. The first-order chi connectivity index (χ1) is 6.82. The van der Waals surface area contributed by atoms with Crippen LogP contribution in [0.3, 0.4) is 0 Å². The summed E-state index contributed by atoms with van der Waals surface area (Å²) in [5.41, 5.74) is 7.29. The van der Waals surface area contributed by atoms with E-state index in [2.05, 4.69) is 4.99 Å². The quantitative estimate of drug-likeness (QED) is 0.786. The molecule has 14 heavy (non-hydrogen) atoms. The summed E-state index contributed by atoms with van der Waals surface area (Å²) in [5.74, 6) is 0. The van der Waals surface area contributed by atoms with Gasteiger partial charge in [0.25, 0.3) is 0 Å². The van der Waals surface area contributed by atoms with Gasteiger partial charge in [0.1, 0.15) is 5.60 Å². The summed E-state index contributed by atoms with van der Waals surface area (Å²) in [4.78, 5) is 4.34. The van der Waals surface area contributed by atoms with E-state index in [1.165, 1.54) is 0 Å². The van der Waals surface area contributed by atoms with Crippen LogP contribution < -0.4 is 5.73 Å². The summed E-state index contributed by atoms with van der Waals surface area (Å²) in [6.45, 7) is 0.591. The molecule has 0 saturated heterocycles. The number of fused-ring (bicyclic) bond motifs is 1.